The van der Waals surface area contributed by atoms with Crippen molar-refractivity contribution in [3.63, 3.8) is 0 Å². The van der Waals surface area contributed by atoms with Crippen LogP contribution in [0.3, 0.4) is 0 Å². The van der Waals surface area contributed by atoms with Crippen LogP contribution in [0.25, 0.3) is 0 Å². The van der Waals surface area contributed by atoms with Crippen LogP contribution in [-0.2, 0) is 0 Å². The van der Waals surface area contributed by atoms with Crippen LogP contribution in [0.1, 0.15) is 0 Å². The summed E-state index contributed by atoms with van der Waals surface area (Å²) < 4.78 is 5.64. The minimum absolute atomic E-state index is 0.964. The number of rotatable bonds is 4. The molecule has 0 saturated carbocycles. The SMILES string of the molecule is C1=CC=CC=1[B-](n1cccn1)(n1cccn1)n1cccn1. The van der Waals surface area contributed by atoms with Crippen LogP contribution < -0.4 is 0 Å². The largest absolute Gasteiger partial charge is 0.396 e. The Morgan fingerprint density at radius 1 is 0.810 bits per heavy atom. The third-order valence-electron chi connectivity index (χ3n) is 3.72. The van der Waals surface area contributed by atoms with Gasteiger partial charge in [-0.2, -0.15) is 5.73 Å². The summed E-state index contributed by atoms with van der Waals surface area (Å²) in [5.41, 5.74) is 4.25. The molecule has 3 aromatic rings. The fourth-order valence-corrected chi connectivity index (χ4v) is 2.86. The molecule has 0 aromatic carbocycles. The van der Waals surface area contributed by atoms with Gasteiger partial charge in [0.2, 0.25) is 0 Å². The minimum Gasteiger partial charge on any atom is -0.396 e. The van der Waals surface area contributed by atoms with Gasteiger partial charge in [0.25, 0.3) is 0 Å². The van der Waals surface area contributed by atoms with E-state index in [1.807, 2.05) is 68.8 Å². The van der Waals surface area contributed by atoms with Gasteiger partial charge in [0.05, 0.1) is 0 Å². The van der Waals surface area contributed by atoms with Crippen molar-refractivity contribution in [2.24, 2.45) is 0 Å². The van der Waals surface area contributed by atoms with Crippen molar-refractivity contribution >= 4 is 6.55 Å². The number of nitrogens with zero attached hydrogens (tertiary/aromatic N) is 6. The minimum atomic E-state index is -1.69. The van der Waals surface area contributed by atoms with Crippen LogP contribution in [0, 0.1) is 0 Å². The zero-order valence-electron chi connectivity index (χ0n) is 11.2. The molecule has 0 spiro atoms. The van der Waals surface area contributed by atoms with E-state index >= 15 is 0 Å². The Kier molecular flexibility index (Phi) is 2.52. The predicted octanol–water partition coefficient (Wildman–Crippen LogP) is 1.35. The predicted molar refractivity (Wildman–Crippen MR) is 79.4 cm³/mol. The zero-order valence-corrected chi connectivity index (χ0v) is 11.2. The molecule has 0 fully saturated rings. The average molecular weight is 275 g/mol. The van der Waals surface area contributed by atoms with Crippen LogP contribution in [0.15, 0.2) is 84.8 Å². The molecular formula is C14H12BN6-. The summed E-state index contributed by atoms with van der Waals surface area (Å²) in [7, 11) is 0. The van der Waals surface area contributed by atoms with E-state index < -0.39 is 6.55 Å². The molecule has 0 aliphatic heterocycles. The van der Waals surface area contributed by atoms with Crippen LogP contribution in [-0.4, -0.2) is 35.6 Å². The van der Waals surface area contributed by atoms with Gasteiger partial charge in [0.15, 0.2) is 0 Å². The Morgan fingerprint density at radius 3 is 1.67 bits per heavy atom. The van der Waals surface area contributed by atoms with Crippen molar-refractivity contribution in [3.05, 3.63) is 84.8 Å². The lowest BCUT2D eigenvalue weighted by Gasteiger charge is -2.41. The van der Waals surface area contributed by atoms with E-state index in [2.05, 4.69) is 21.0 Å². The van der Waals surface area contributed by atoms with Gasteiger partial charge in [-0.1, -0.05) is 17.6 Å². The highest BCUT2D eigenvalue weighted by molar-refractivity contribution is 6.82. The maximum Gasteiger partial charge on any atom is 0.376 e. The first-order valence-corrected chi connectivity index (χ1v) is 6.71. The van der Waals surface area contributed by atoms with E-state index in [1.54, 1.807) is 18.6 Å². The summed E-state index contributed by atoms with van der Waals surface area (Å²) in [4.78, 5) is 0. The molecule has 0 bridgehead atoms. The lowest BCUT2D eigenvalue weighted by atomic mass is 9.53. The molecule has 4 rings (SSSR count). The summed E-state index contributed by atoms with van der Waals surface area (Å²) in [5.74, 6) is 0. The van der Waals surface area contributed by atoms with E-state index in [4.69, 9.17) is 0 Å². The molecule has 3 heterocycles. The van der Waals surface area contributed by atoms with Gasteiger partial charge in [0, 0.05) is 18.6 Å². The van der Waals surface area contributed by atoms with Crippen LogP contribution in [0.4, 0.5) is 0 Å². The van der Waals surface area contributed by atoms with Crippen molar-refractivity contribution in [1.29, 1.82) is 0 Å². The molecule has 0 atom stereocenters. The Hall–Kier alpha value is -3.05. The second-order valence-corrected chi connectivity index (χ2v) is 4.82. The van der Waals surface area contributed by atoms with Gasteiger partial charge in [0.1, 0.15) is 0 Å². The maximum absolute atomic E-state index is 4.46. The van der Waals surface area contributed by atoms with Crippen molar-refractivity contribution in [2.75, 3.05) is 0 Å². The van der Waals surface area contributed by atoms with Crippen molar-refractivity contribution < 1.29 is 0 Å². The fourth-order valence-electron chi connectivity index (χ4n) is 2.86. The maximum atomic E-state index is 4.46. The topological polar surface area (TPSA) is 53.5 Å². The molecule has 1 aliphatic rings. The highest BCUT2D eigenvalue weighted by atomic mass is 15.5. The van der Waals surface area contributed by atoms with Gasteiger partial charge in [-0.05, 0) is 42.9 Å². The Labute approximate surface area is 121 Å². The van der Waals surface area contributed by atoms with Crippen LogP contribution in [0.5, 0.6) is 0 Å². The number of aromatic nitrogens is 6. The van der Waals surface area contributed by atoms with Gasteiger partial charge in [-0.15, -0.1) is 0 Å². The smallest absolute Gasteiger partial charge is 0.376 e. The van der Waals surface area contributed by atoms with E-state index in [0.717, 1.165) is 5.47 Å². The first-order valence-electron chi connectivity index (χ1n) is 6.71. The van der Waals surface area contributed by atoms with Gasteiger partial charge in [-0.3, -0.25) is 0 Å². The molecule has 1 aliphatic carbocycles. The molecule has 102 valence electrons. The molecular weight excluding hydrogens is 263 g/mol. The van der Waals surface area contributed by atoms with E-state index in [1.165, 1.54) is 0 Å². The fraction of sp³-hybridized carbons (Fsp3) is 0. The standard InChI is InChI=1S/C14H12BN6/c1-2-7-14(6-1)15(19-11-3-8-16-19,20-12-4-9-17-20)21-13-5-10-18-21/h1-6,8-13H/q-1. The second-order valence-electron chi connectivity index (χ2n) is 4.82. The first kappa shape index (κ1) is 11.8. The van der Waals surface area contributed by atoms with Crippen molar-refractivity contribution in [1.82, 2.24) is 29.1 Å². The van der Waals surface area contributed by atoms with Crippen molar-refractivity contribution in [2.45, 2.75) is 0 Å². The molecule has 21 heavy (non-hydrogen) atoms. The zero-order chi connectivity index (χ0) is 14.1. The van der Waals surface area contributed by atoms with Gasteiger partial charge >= 0.3 is 6.55 Å². The van der Waals surface area contributed by atoms with E-state index in [9.17, 15) is 0 Å². The summed E-state index contributed by atoms with van der Waals surface area (Å²) in [5, 5.41) is 13.4. The first-order chi connectivity index (χ1) is 10.4. The molecule has 6 nitrogen and oxygen atoms in total. The quantitative estimate of drug-likeness (QED) is 0.533. The van der Waals surface area contributed by atoms with Crippen LogP contribution >= 0.6 is 0 Å². The van der Waals surface area contributed by atoms with Crippen molar-refractivity contribution in [3.8, 4) is 0 Å². The Morgan fingerprint density at radius 2 is 1.33 bits per heavy atom. The van der Waals surface area contributed by atoms with E-state index in [-0.39, 0.29) is 0 Å². The molecule has 0 radical (unpaired) electrons. The Balaban J connectivity index is 2.10. The summed E-state index contributed by atoms with van der Waals surface area (Å²) in [6, 6.07) is 5.69. The van der Waals surface area contributed by atoms with Crippen LogP contribution in [0.2, 0.25) is 0 Å². The average Bonchev–Trinajstić information content (AvgIpc) is 3.32. The molecule has 0 N–H and O–H groups in total. The summed E-state index contributed by atoms with van der Waals surface area (Å²) in [6.45, 7) is -1.69. The second kappa shape index (κ2) is 4.50. The summed E-state index contributed by atoms with van der Waals surface area (Å²) >= 11 is 0. The third-order valence-corrected chi connectivity index (χ3v) is 3.72. The summed E-state index contributed by atoms with van der Waals surface area (Å²) in [6.07, 6.45) is 16.9. The molecule has 0 amide bonds. The molecule has 3 aromatic heterocycles. The third kappa shape index (κ3) is 1.58. The van der Waals surface area contributed by atoms with Gasteiger partial charge in [-0.25, -0.2) is 15.3 Å². The molecule has 0 saturated heterocycles. The highest BCUT2D eigenvalue weighted by Gasteiger charge is 2.38. The Bertz CT molecular complexity index is 736. The normalized spacial score (nSPS) is 13.8. The molecule has 0 unspecified atom stereocenters. The monoisotopic (exact) mass is 275 g/mol. The number of allylic oxidation sites excluding steroid dienone is 3. The lowest BCUT2D eigenvalue weighted by Crippen LogP contribution is -2.60. The molecule has 7 heteroatoms. The number of hydrogen-bond donors (Lipinski definition) is 0. The number of hydrogen-bond acceptors (Lipinski definition) is 3. The van der Waals surface area contributed by atoms with Gasteiger partial charge < -0.3 is 13.8 Å². The lowest BCUT2D eigenvalue weighted by molar-refractivity contribution is 0.737. The van der Waals surface area contributed by atoms with E-state index in [0.29, 0.717) is 0 Å². The highest BCUT2D eigenvalue weighted by Crippen LogP contribution is 2.23.